The summed E-state index contributed by atoms with van der Waals surface area (Å²) in [5.41, 5.74) is -1.06. The van der Waals surface area contributed by atoms with E-state index < -0.39 is 34.7 Å². The molecule has 1 aliphatic carbocycles. The highest BCUT2D eigenvalue weighted by atomic mass is 16.6. The molecule has 9 heteroatoms. The Morgan fingerprint density at radius 3 is 1.85 bits per heavy atom. The Labute approximate surface area is 194 Å². The molecule has 0 aliphatic heterocycles. The Bertz CT molecular complexity index is 948. The second kappa shape index (κ2) is 9.49. The summed E-state index contributed by atoms with van der Waals surface area (Å²) in [7, 11) is 0. The number of carbonyl (C=O) groups excluding carboxylic acids is 3. The SMILES string of the molecule is CCOC(=O)C(Cc1cc2c(cc1[N+](=O)[O-])C(C)(C)CCC2(C)C)(NC(C)=O)C(=O)OCC. The van der Waals surface area contributed by atoms with Gasteiger partial charge in [0.25, 0.3) is 5.69 Å². The first-order valence-corrected chi connectivity index (χ1v) is 11.2. The van der Waals surface area contributed by atoms with Gasteiger partial charge in [-0.05, 0) is 54.7 Å². The molecule has 2 rings (SSSR count). The maximum Gasteiger partial charge on any atom is 0.344 e. The molecule has 0 saturated heterocycles. The number of nitro benzene ring substituents is 1. The van der Waals surface area contributed by atoms with E-state index in [-0.39, 0.29) is 35.3 Å². The van der Waals surface area contributed by atoms with Crippen molar-refractivity contribution in [2.75, 3.05) is 13.2 Å². The lowest BCUT2D eigenvalue weighted by Crippen LogP contribution is -2.62. The highest BCUT2D eigenvalue weighted by Gasteiger charge is 2.52. The molecule has 0 spiro atoms. The first-order valence-electron chi connectivity index (χ1n) is 11.2. The average molecular weight is 463 g/mol. The number of benzene rings is 1. The van der Waals surface area contributed by atoms with Crippen LogP contribution >= 0.6 is 0 Å². The number of carbonyl (C=O) groups is 3. The molecule has 1 N–H and O–H groups in total. The van der Waals surface area contributed by atoms with Crippen molar-refractivity contribution in [3.8, 4) is 0 Å². The van der Waals surface area contributed by atoms with Gasteiger partial charge in [0.2, 0.25) is 11.4 Å². The van der Waals surface area contributed by atoms with E-state index in [1.54, 1.807) is 26.0 Å². The molecular weight excluding hydrogens is 428 g/mol. The predicted octanol–water partition coefficient (Wildman–Crippen LogP) is 3.49. The molecule has 0 heterocycles. The van der Waals surface area contributed by atoms with Crippen molar-refractivity contribution in [1.29, 1.82) is 0 Å². The van der Waals surface area contributed by atoms with Crippen LogP contribution in [0.4, 0.5) is 5.69 Å². The monoisotopic (exact) mass is 462 g/mol. The zero-order valence-electron chi connectivity index (χ0n) is 20.5. The van der Waals surface area contributed by atoms with Crippen molar-refractivity contribution in [3.63, 3.8) is 0 Å². The molecule has 33 heavy (non-hydrogen) atoms. The lowest BCUT2D eigenvalue weighted by Gasteiger charge is -2.42. The summed E-state index contributed by atoms with van der Waals surface area (Å²) in [4.78, 5) is 49.6. The van der Waals surface area contributed by atoms with Gasteiger partial charge in [0.05, 0.1) is 18.1 Å². The molecule has 0 aromatic heterocycles. The fourth-order valence-electron chi connectivity index (χ4n) is 4.43. The summed E-state index contributed by atoms with van der Waals surface area (Å²) in [6, 6.07) is 3.24. The van der Waals surface area contributed by atoms with Gasteiger partial charge in [0.1, 0.15) is 0 Å². The van der Waals surface area contributed by atoms with Crippen LogP contribution in [0.25, 0.3) is 0 Å². The number of ether oxygens (including phenoxy) is 2. The highest BCUT2D eigenvalue weighted by Crippen LogP contribution is 2.48. The summed E-state index contributed by atoms with van der Waals surface area (Å²) in [5, 5.41) is 14.4. The Morgan fingerprint density at radius 2 is 1.45 bits per heavy atom. The third-order valence-corrected chi connectivity index (χ3v) is 6.34. The first kappa shape index (κ1) is 26.3. The van der Waals surface area contributed by atoms with Gasteiger partial charge >= 0.3 is 11.9 Å². The average Bonchev–Trinajstić information content (AvgIpc) is 2.70. The summed E-state index contributed by atoms with van der Waals surface area (Å²) in [6.45, 7) is 12.4. The van der Waals surface area contributed by atoms with Gasteiger partial charge in [0, 0.05) is 25.0 Å². The first-order chi connectivity index (χ1) is 15.2. The Kier molecular flexibility index (Phi) is 7.56. The third kappa shape index (κ3) is 5.17. The van der Waals surface area contributed by atoms with Gasteiger partial charge in [-0.1, -0.05) is 27.7 Å². The number of nitrogens with zero attached hydrogens (tertiary/aromatic N) is 1. The van der Waals surface area contributed by atoms with Crippen molar-refractivity contribution in [1.82, 2.24) is 5.32 Å². The Hall–Kier alpha value is -2.97. The van der Waals surface area contributed by atoms with E-state index in [1.165, 1.54) is 0 Å². The van der Waals surface area contributed by atoms with E-state index in [0.29, 0.717) is 0 Å². The number of hydrogen-bond acceptors (Lipinski definition) is 7. The molecule has 0 atom stereocenters. The summed E-state index contributed by atoms with van der Waals surface area (Å²) < 4.78 is 10.2. The standard InChI is InChI=1S/C24H34N2O7/c1-8-32-20(28)24(25-15(3)27,21(29)33-9-2)14-16-12-17-18(13-19(16)26(30)31)23(6,7)11-10-22(17,4)5/h12-13H,8-11,14H2,1-7H3,(H,25,27). The topological polar surface area (TPSA) is 125 Å². The normalized spacial score (nSPS) is 16.3. The van der Waals surface area contributed by atoms with Crippen LogP contribution in [0.2, 0.25) is 0 Å². The summed E-state index contributed by atoms with van der Waals surface area (Å²) in [6.07, 6.45) is 1.27. The maximum atomic E-state index is 13.0. The molecule has 0 bridgehead atoms. The van der Waals surface area contributed by atoms with Gasteiger partial charge in [0.15, 0.2) is 0 Å². The van der Waals surface area contributed by atoms with Crippen LogP contribution in [0.3, 0.4) is 0 Å². The summed E-state index contributed by atoms with van der Waals surface area (Å²) >= 11 is 0. The lowest BCUT2D eigenvalue weighted by molar-refractivity contribution is -0.385. The second-order valence-corrected chi connectivity index (χ2v) is 9.76. The minimum Gasteiger partial charge on any atom is -0.464 e. The van der Waals surface area contributed by atoms with E-state index in [2.05, 4.69) is 19.2 Å². The predicted molar refractivity (Wildman–Crippen MR) is 122 cm³/mol. The van der Waals surface area contributed by atoms with E-state index in [9.17, 15) is 24.5 Å². The molecule has 0 unspecified atom stereocenters. The molecule has 1 aliphatic rings. The van der Waals surface area contributed by atoms with Crippen LogP contribution in [-0.4, -0.2) is 41.5 Å². The minimum absolute atomic E-state index is 0.0485. The number of esters is 2. The quantitative estimate of drug-likeness (QED) is 0.271. The molecule has 0 saturated carbocycles. The molecule has 0 fully saturated rings. The Morgan fingerprint density at radius 1 is 1.00 bits per heavy atom. The number of nitrogens with one attached hydrogen (secondary N) is 1. The van der Waals surface area contributed by atoms with Crippen LogP contribution in [0.5, 0.6) is 0 Å². The molecule has 1 aromatic rings. The molecule has 1 amide bonds. The fourth-order valence-corrected chi connectivity index (χ4v) is 4.43. The zero-order valence-corrected chi connectivity index (χ0v) is 20.5. The van der Waals surface area contributed by atoms with Crippen LogP contribution < -0.4 is 5.32 Å². The molecular formula is C24H34N2O7. The molecule has 9 nitrogen and oxygen atoms in total. The van der Waals surface area contributed by atoms with E-state index in [4.69, 9.17) is 9.47 Å². The van der Waals surface area contributed by atoms with Crippen LogP contribution in [0.1, 0.15) is 78.0 Å². The number of fused-ring (bicyclic) bond motifs is 1. The maximum absolute atomic E-state index is 13.0. The van der Waals surface area contributed by atoms with E-state index in [1.807, 2.05) is 13.8 Å². The molecule has 182 valence electrons. The third-order valence-electron chi connectivity index (χ3n) is 6.34. The number of amides is 1. The van der Waals surface area contributed by atoms with Crippen molar-refractivity contribution >= 4 is 23.5 Å². The number of rotatable bonds is 8. The Balaban J connectivity index is 2.80. The smallest absolute Gasteiger partial charge is 0.344 e. The van der Waals surface area contributed by atoms with Crippen LogP contribution in [0.15, 0.2) is 12.1 Å². The number of hydrogen-bond donors (Lipinski definition) is 1. The van der Waals surface area contributed by atoms with Gasteiger partial charge in [-0.25, -0.2) is 9.59 Å². The molecule has 0 radical (unpaired) electrons. The fraction of sp³-hybridized carbons (Fsp3) is 0.625. The van der Waals surface area contributed by atoms with Crippen molar-refractivity contribution in [2.24, 2.45) is 0 Å². The number of nitro groups is 1. The minimum atomic E-state index is -2.24. The lowest BCUT2D eigenvalue weighted by atomic mass is 9.62. The van der Waals surface area contributed by atoms with E-state index in [0.717, 1.165) is 30.9 Å². The summed E-state index contributed by atoms with van der Waals surface area (Å²) in [5.74, 6) is -2.71. The van der Waals surface area contributed by atoms with Crippen LogP contribution in [0, 0.1) is 10.1 Å². The van der Waals surface area contributed by atoms with Crippen LogP contribution in [-0.2, 0) is 41.1 Å². The van der Waals surface area contributed by atoms with Crippen molar-refractivity contribution < 1.29 is 28.8 Å². The van der Waals surface area contributed by atoms with Gasteiger partial charge in [-0.15, -0.1) is 0 Å². The second-order valence-electron chi connectivity index (χ2n) is 9.76. The molecule has 1 aromatic carbocycles. The van der Waals surface area contributed by atoms with Crippen molar-refractivity contribution in [3.05, 3.63) is 38.9 Å². The van der Waals surface area contributed by atoms with E-state index >= 15 is 0 Å². The van der Waals surface area contributed by atoms with Gasteiger partial charge < -0.3 is 14.8 Å². The van der Waals surface area contributed by atoms with Gasteiger partial charge in [-0.2, -0.15) is 0 Å². The largest absolute Gasteiger partial charge is 0.464 e. The zero-order chi connectivity index (χ0) is 25.2. The van der Waals surface area contributed by atoms with Gasteiger partial charge in [-0.3, -0.25) is 14.9 Å². The highest BCUT2D eigenvalue weighted by molar-refractivity contribution is 6.08. The van der Waals surface area contributed by atoms with Crippen molar-refractivity contribution in [2.45, 2.75) is 84.1 Å².